The number of aromatic nitrogens is 1. The minimum Gasteiger partial charge on any atom is -0.354 e. The van der Waals surface area contributed by atoms with Crippen LogP contribution in [0.1, 0.15) is 54.9 Å². The third-order valence-corrected chi connectivity index (χ3v) is 7.95. The smallest absolute Gasteiger partial charge is 0.252 e. The summed E-state index contributed by atoms with van der Waals surface area (Å²) in [6, 6.07) is 34.9. The van der Waals surface area contributed by atoms with E-state index >= 15 is 0 Å². The van der Waals surface area contributed by atoms with Gasteiger partial charge in [0.05, 0.1) is 0 Å². The maximum absolute atomic E-state index is 13.6. The van der Waals surface area contributed by atoms with Gasteiger partial charge in [-0.05, 0) is 60.6 Å². The minimum absolute atomic E-state index is 0.164. The maximum Gasteiger partial charge on any atom is 0.252 e. The zero-order valence-electron chi connectivity index (χ0n) is 25.1. The molecule has 0 aliphatic heterocycles. The van der Waals surface area contributed by atoms with E-state index in [4.69, 9.17) is 0 Å². The Morgan fingerprint density at radius 2 is 1.39 bits per heavy atom. The van der Waals surface area contributed by atoms with E-state index in [1.807, 2.05) is 78.9 Å². The lowest BCUT2D eigenvalue weighted by Gasteiger charge is -2.20. The predicted octanol–water partition coefficient (Wildman–Crippen LogP) is 7.50. The van der Waals surface area contributed by atoms with E-state index < -0.39 is 6.04 Å². The molecule has 0 aliphatic carbocycles. The Morgan fingerprint density at radius 3 is 2.14 bits per heavy atom. The number of carbonyl (C=O) groups excluding carboxylic acids is 3. The van der Waals surface area contributed by atoms with E-state index in [0.29, 0.717) is 31.4 Å². The average Bonchev–Trinajstić information content (AvgIpc) is 3.43. The minimum atomic E-state index is -0.694. The Kier molecular flexibility index (Phi) is 10.4. The molecule has 3 N–H and O–H groups in total. The van der Waals surface area contributed by atoms with Crippen LogP contribution in [0.25, 0.3) is 33.3 Å². The molecule has 6 nitrogen and oxygen atoms in total. The Hall–Kier alpha value is -4.97. The van der Waals surface area contributed by atoms with Gasteiger partial charge in [-0.3, -0.25) is 9.59 Å². The maximum atomic E-state index is 13.6. The molecule has 0 saturated heterocycles. The SMILES string of the molecule is CC(=O)CCCCC[C@H](NC(=O)c1ccccc1-c1ccccc1)C(=O)NCCc1c(-c2ccccc2)[nH]c2ccccc12. The van der Waals surface area contributed by atoms with Crippen LogP contribution in [0.3, 0.4) is 0 Å². The third kappa shape index (κ3) is 7.70. The number of fused-ring (bicyclic) bond motifs is 1. The zero-order valence-corrected chi connectivity index (χ0v) is 25.1. The number of hydrogen-bond donors (Lipinski definition) is 3. The zero-order chi connectivity index (χ0) is 30.7. The summed E-state index contributed by atoms with van der Waals surface area (Å²) in [5.41, 5.74) is 6.63. The summed E-state index contributed by atoms with van der Waals surface area (Å²) in [6.45, 7) is 2.02. The molecule has 5 rings (SSSR count). The largest absolute Gasteiger partial charge is 0.354 e. The van der Waals surface area contributed by atoms with Gasteiger partial charge in [-0.2, -0.15) is 0 Å². The molecular formula is C38H39N3O3. The van der Waals surface area contributed by atoms with Gasteiger partial charge in [-0.15, -0.1) is 0 Å². The van der Waals surface area contributed by atoms with Gasteiger partial charge >= 0.3 is 0 Å². The Balaban J connectivity index is 1.30. The topological polar surface area (TPSA) is 91.1 Å². The highest BCUT2D eigenvalue weighted by atomic mass is 16.2. The molecule has 6 heteroatoms. The highest BCUT2D eigenvalue weighted by Gasteiger charge is 2.23. The van der Waals surface area contributed by atoms with Crippen LogP contribution in [0, 0.1) is 0 Å². The lowest BCUT2D eigenvalue weighted by molar-refractivity contribution is -0.123. The van der Waals surface area contributed by atoms with Crippen LogP contribution in [0.2, 0.25) is 0 Å². The standard InChI is InChI=1S/C38H39N3O3/c1-27(42)15-5-2-10-24-35(41-37(43)33-22-12-11-20-30(33)28-16-6-3-7-17-28)38(44)39-26-25-32-31-21-13-14-23-34(31)40-36(32)29-18-8-4-9-19-29/h3-4,6-9,11-14,16-23,35,40H,2,5,10,15,24-26H2,1H3,(H,39,44)(H,41,43)/t35-/m0/s1. The van der Waals surface area contributed by atoms with Crippen molar-refractivity contribution < 1.29 is 14.4 Å². The van der Waals surface area contributed by atoms with Gasteiger partial charge in [0, 0.05) is 35.1 Å². The number of rotatable bonds is 14. The normalized spacial score (nSPS) is 11.7. The van der Waals surface area contributed by atoms with Crippen molar-refractivity contribution in [2.75, 3.05) is 6.54 Å². The summed E-state index contributed by atoms with van der Waals surface area (Å²) in [7, 11) is 0. The first-order chi connectivity index (χ1) is 21.5. The Bertz CT molecular complexity index is 1710. The number of ketones is 1. The number of benzene rings is 4. The van der Waals surface area contributed by atoms with Crippen molar-refractivity contribution in [1.29, 1.82) is 0 Å². The summed E-state index contributed by atoms with van der Waals surface area (Å²) in [6.07, 6.45) is 3.98. The number of Topliss-reactive ketones (excluding diaryl/α,β-unsaturated/α-hetero) is 1. The van der Waals surface area contributed by atoms with E-state index in [1.54, 1.807) is 13.0 Å². The molecule has 0 aliphatic rings. The molecule has 1 aromatic heterocycles. The summed E-state index contributed by atoms with van der Waals surface area (Å²) >= 11 is 0. The number of para-hydroxylation sites is 1. The molecular weight excluding hydrogens is 546 g/mol. The molecule has 0 bridgehead atoms. The van der Waals surface area contributed by atoms with E-state index in [2.05, 4.69) is 39.9 Å². The van der Waals surface area contributed by atoms with Crippen LogP contribution in [0.15, 0.2) is 109 Å². The molecule has 1 heterocycles. The van der Waals surface area contributed by atoms with Crippen LogP contribution in [-0.4, -0.2) is 35.2 Å². The fraction of sp³-hybridized carbons (Fsp3) is 0.237. The van der Waals surface area contributed by atoms with Crippen LogP contribution < -0.4 is 10.6 Å². The summed E-state index contributed by atoms with van der Waals surface area (Å²) < 4.78 is 0. The lowest BCUT2D eigenvalue weighted by atomic mass is 9.98. The number of carbonyl (C=O) groups is 3. The molecule has 5 aromatic rings. The molecule has 1 atom stereocenters. The first-order valence-electron chi connectivity index (χ1n) is 15.4. The molecule has 44 heavy (non-hydrogen) atoms. The van der Waals surface area contributed by atoms with Gasteiger partial charge in [-0.25, -0.2) is 0 Å². The van der Waals surface area contributed by atoms with Crippen molar-refractivity contribution in [1.82, 2.24) is 15.6 Å². The van der Waals surface area contributed by atoms with Crippen molar-refractivity contribution in [2.24, 2.45) is 0 Å². The van der Waals surface area contributed by atoms with Crippen molar-refractivity contribution in [2.45, 2.75) is 51.5 Å². The van der Waals surface area contributed by atoms with Gasteiger partial charge in [-0.1, -0.05) is 110 Å². The average molecular weight is 586 g/mol. The van der Waals surface area contributed by atoms with Gasteiger partial charge < -0.3 is 20.4 Å². The number of hydrogen-bond acceptors (Lipinski definition) is 3. The summed E-state index contributed by atoms with van der Waals surface area (Å²) in [4.78, 5) is 42.1. The van der Waals surface area contributed by atoms with Crippen molar-refractivity contribution in [3.8, 4) is 22.4 Å². The monoisotopic (exact) mass is 585 g/mol. The van der Waals surface area contributed by atoms with E-state index in [0.717, 1.165) is 58.1 Å². The predicted molar refractivity (Wildman–Crippen MR) is 177 cm³/mol. The number of aromatic amines is 1. The molecule has 224 valence electrons. The summed E-state index contributed by atoms with van der Waals surface area (Å²) in [5.74, 6) is -0.322. The molecule has 0 saturated carbocycles. The number of H-pyrrole nitrogens is 1. The highest BCUT2D eigenvalue weighted by Crippen LogP contribution is 2.30. The quantitative estimate of drug-likeness (QED) is 0.118. The number of unbranched alkanes of at least 4 members (excludes halogenated alkanes) is 2. The van der Waals surface area contributed by atoms with Gasteiger partial charge in [0.2, 0.25) is 5.91 Å². The second-order valence-corrected chi connectivity index (χ2v) is 11.2. The fourth-order valence-corrected chi connectivity index (χ4v) is 5.70. The molecule has 0 radical (unpaired) electrons. The summed E-state index contributed by atoms with van der Waals surface area (Å²) in [5, 5.41) is 7.27. The van der Waals surface area contributed by atoms with Crippen LogP contribution in [0.5, 0.6) is 0 Å². The van der Waals surface area contributed by atoms with Crippen LogP contribution in [-0.2, 0) is 16.0 Å². The third-order valence-electron chi connectivity index (χ3n) is 7.95. The van der Waals surface area contributed by atoms with Crippen LogP contribution >= 0.6 is 0 Å². The first kappa shape index (κ1) is 30.5. The second-order valence-electron chi connectivity index (χ2n) is 11.2. The first-order valence-corrected chi connectivity index (χ1v) is 15.4. The van der Waals surface area contributed by atoms with Crippen molar-refractivity contribution in [3.05, 3.63) is 120 Å². The lowest BCUT2D eigenvalue weighted by Crippen LogP contribution is -2.47. The molecule has 4 aromatic carbocycles. The number of nitrogens with one attached hydrogen (secondary N) is 3. The number of amides is 2. The van der Waals surface area contributed by atoms with Crippen LogP contribution in [0.4, 0.5) is 0 Å². The van der Waals surface area contributed by atoms with Gasteiger partial charge in [0.1, 0.15) is 11.8 Å². The molecule has 0 spiro atoms. The van der Waals surface area contributed by atoms with Crippen molar-refractivity contribution >= 4 is 28.5 Å². The van der Waals surface area contributed by atoms with Gasteiger partial charge in [0.15, 0.2) is 0 Å². The Labute approximate surface area is 258 Å². The second kappa shape index (κ2) is 15.0. The molecule has 0 unspecified atom stereocenters. The van der Waals surface area contributed by atoms with Crippen molar-refractivity contribution in [3.63, 3.8) is 0 Å². The Morgan fingerprint density at radius 1 is 0.727 bits per heavy atom. The molecule has 0 fully saturated rings. The van der Waals surface area contributed by atoms with E-state index in [-0.39, 0.29) is 17.6 Å². The highest BCUT2D eigenvalue weighted by molar-refractivity contribution is 6.03. The van der Waals surface area contributed by atoms with Gasteiger partial charge in [0.25, 0.3) is 5.91 Å². The van der Waals surface area contributed by atoms with E-state index in [9.17, 15) is 14.4 Å². The van der Waals surface area contributed by atoms with E-state index in [1.165, 1.54) is 0 Å². The molecule has 2 amide bonds. The fourth-order valence-electron chi connectivity index (χ4n) is 5.70.